The first kappa shape index (κ1) is 14.4. The Bertz CT molecular complexity index is 623. The Morgan fingerprint density at radius 2 is 1.95 bits per heavy atom. The van der Waals surface area contributed by atoms with Crippen LogP contribution in [-0.4, -0.2) is 6.61 Å². The van der Waals surface area contributed by atoms with Crippen molar-refractivity contribution in [3.05, 3.63) is 58.3 Å². The number of rotatable bonds is 5. The Labute approximate surface area is 125 Å². The highest BCUT2D eigenvalue weighted by molar-refractivity contribution is 9.10. The smallest absolute Gasteiger partial charge is 0.174 e. The van der Waals surface area contributed by atoms with Crippen LogP contribution in [0.15, 0.2) is 46.9 Å². The van der Waals surface area contributed by atoms with Crippen LogP contribution in [0.5, 0.6) is 5.75 Å². The summed E-state index contributed by atoms with van der Waals surface area (Å²) in [6.07, 6.45) is 0. The number of hydrogen-bond acceptors (Lipinski definition) is 3. The number of nitrogens with zero attached hydrogens (tertiary/aromatic N) is 1. The zero-order valence-electron chi connectivity index (χ0n) is 10.6. The molecule has 0 amide bonds. The molecular weight excluding hydrogens is 323 g/mol. The number of nitrogens with one attached hydrogen (secondary N) is 1. The lowest BCUT2D eigenvalue weighted by molar-refractivity contribution is 0.368. The first-order valence-electron chi connectivity index (χ1n) is 5.96. The zero-order valence-corrected chi connectivity index (χ0v) is 12.2. The molecule has 0 fully saturated rings. The van der Waals surface area contributed by atoms with Gasteiger partial charge in [0.25, 0.3) is 0 Å². The molecule has 2 aromatic rings. The minimum atomic E-state index is -0.241. The van der Waals surface area contributed by atoms with E-state index in [1.807, 2.05) is 18.2 Å². The molecule has 0 aliphatic rings. The molecule has 20 heavy (non-hydrogen) atoms. The number of halogens is 2. The van der Waals surface area contributed by atoms with E-state index < -0.39 is 0 Å². The molecule has 0 bridgehead atoms. The van der Waals surface area contributed by atoms with Crippen molar-refractivity contribution in [3.8, 4) is 11.8 Å². The molecule has 5 heteroatoms. The summed E-state index contributed by atoms with van der Waals surface area (Å²) in [5.74, 6) is 0.389. The lowest BCUT2D eigenvalue weighted by Crippen LogP contribution is -2.02. The van der Waals surface area contributed by atoms with Crippen LogP contribution in [0.25, 0.3) is 0 Å². The molecule has 0 atom stereocenters. The van der Waals surface area contributed by atoms with Gasteiger partial charge in [-0.3, -0.25) is 0 Å². The molecule has 0 saturated heterocycles. The number of benzene rings is 2. The van der Waals surface area contributed by atoms with Crippen molar-refractivity contribution in [2.24, 2.45) is 0 Å². The number of ether oxygens (including phenoxy) is 1. The second-order valence-electron chi connectivity index (χ2n) is 4.06. The van der Waals surface area contributed by atoms with Crippen LogP contribution in [0.1, 0.15) is 5.56 Å². The fraction of sp³-hybridized carbons (Fsp3) is 0.133. The van der Waals surface area contributed by atoms with Crippen LogP contribution in [0.2, 0.25) is 0 Å². The number of hydrogen-bond donors (Lipinski definition) is 1. The predicted octanol–water partition coefficient (Wildman–Crippen LogP) is 4.10. The second kappa shape index (κ2) is 6.92. The van der Waals surface area contributed by atoms with Gasteiger partial charge in [0.2, 0.25) is 0 Å². The molecule has 0 radical (unpaired) electrons. The molecule has 1 N–H and O–H groups in total. The SMILES string of the molecule is N#CCOc1ccc(NCc2cc(Br)ccc2F)cc1. The van der Waals surface area contributed by atoms with Gasteiger partial charge in [-0.15, -0.1) is 0 Å². The lowest BCUT2D eigenvalue weighted by Gasteiger charge is -2.09. The summed E-state index contributed by atoms with van der Waals surface area (Å²) in [6, 6.07) is 13.9. The van der Waals surface area contributed by atoms with Crippen LogP contribution < -0.4 is 10.1 Å². The van der Waals surface area contributed by atoms with Gasteiger partial charge < -0.3 is 10.1 Å². The minimum absolute atomic E-state index is 0.0238. The summed E-state index contributed by atoms with van der Waals surface area (Å²) in [6.45, 7) is 0.416. The average molecular weight is 335 g/mol. The number of nitriles is 1. The third-order valence-corrected chi connectivity index (χ3v) is 3.14. The molecule has 3 nitrogen and oxygen atoms in total. The van der Waals surface area contributed by atoms with Crippen molar-refractivity contribution in [1.29, 1.82) is 5.26 Å². The normalized spacial score (nSPS) is 9.85. The van der Waals surface area contributed by atoms with Gasteiger partial charge in [0.1, 0.15) is 17.6 Å². The Balaban J connectivity index is 1.97. The quantitative estimate of drug-likeness (QED) is 0.895. The summed E-state index contributed by atoms with van der Waals surface area (Å²) in [4.78, 5) is 0. The Morgan fingerprint density at radius 1 is 1.20 bits per heavy atom. The average Bonchev–Trinajstić information content (AvgIpc) is 2.47. The monoisotopic (exact) mass is 334 g/mol. The lowest BCUT2D eigenvalue weighted by atomic mass is 10.2. The zero-order chi connectivity index (χ0) is 14.4. The third-order valence-electron chi connectivity index (χ3n) is 2.65. The van der Waals surface area contributed by atoms with Crippen molar-refractivity contribution in [2.45, 2.75) is 6.54 Å². The Hall–Kier alpha value is -2.06. The molecule has 0 heterocycles. The van der Waals surface area contributed by atoms with Crippen LogP contribution in [0.4, 0.5) is 10.1 Å². The van der Waals surface area contributed by atoms with E-state index in [2.05, 4.69) is 21.2 Å². The van der Waals surface area contributed by atoms with E-state index in [1.54, 1.807) is 24.3 Å². The van der Waals surface area contributed by atoms with Crippen LogP contribution in [0.3, 0.4) is 0 Å². The molecule has 0 aromatic heterocycles. The fourth-order valence-corrected chi connectivity index (χ4v) is 2.07. The molecule has 0 spiro atoms. The van der Waals surface area contributed by atoms with E-state index >= 15 is 0 Å². The molecule has 0 aliphatic carbocycles. The fourth-order valence-electron chi connectivity index (χ4n) is 1.66. The minimum Gasteiger partial charge on any atom is -0.479 e. The van der Waals surface area contributed by atoms with E-state index in [0.717, 1.165) is 10.2 Å². The van der Waals surface area contributed by atoms with E-state index in [1.165, 1.54) is 6.07 Å². The van der Waals surface area contributed by atoms with Crippen LogP contribution in [-0.2, 0) is 6.54 Å². The third kappa shape index (κ3) is 3.97. The van der Waals surface area contributed by atoms with Crippen molar-refractivity contribution in [2.75, 3.05) is 11.9 Å². The van der Waals surface area contributed by atoms with E-state index in [-0.39, 0.29) is 12.4 Å². The first-order valence-corrected chi connectivity index (χ1v) is 6.76. The summed E-state index contributed by atoms with van der Waals surface area (Å²) < 4.78 is 19.6. The largest absolute Gasteiger partial charge is 0.479 e. The summed E-state index contributed by atoms with van der Waals surface area (Å²) in [7, 11) is 0. The van der Waals surface area contributed by atoms with Gasteiger partial charge in [-0.2, -0.15) is 5.26 Å². The highest BCUT2D eigenvalue weighted by atomic mass is 79.9. The van der Waals surface area contributed by atoms with Gasteiger partial charge in [-0.25, -0.2) is 4.39 Å². The number of anilines is 1. The van der Waals surface area contributed by atoms with Crippen molar-refractivity contribution >= 4 is 21.6 Å². The second-order valence-corrected chi connectivity index (χ2v) is 4.98. The molecule has 0 saturated carbocycles. The first-order chi connectivity index (χ1) is 9.69. The summed E-state index contributed by atoms with van der Waals surface area (Å²) in [5.41, 5.74) is 1.44. The van der Waals surface area contributed by atoms with E-state index in [0.29, 0.717) is 17.9 Å². The maximum Gasteiger partial charge on any atom is 0.174 e. The predicted molar refractivity (Wildman–Crippen MR) is 79.0 cm³/mol. The van der Waals surface area contributed by atoms with Gasteiger partial charge in [-0.05, 0) is 42.5 Å². The summed E-state index contributed by atoms with van der Waals surface area (Å²) >= 11 is 3.32. The van der Waals surface area contributed by atoms with Crippen molar-refractivity contribution < 1.29 is 9.13 Å². The molecule has 0 unspecified atom stereocenters. The van der Waals surface area contributed by atoms with Crippen molar-refractivity contribution in [3.63, 3.8) is 0 Å². The summed E-state index contributed by atoms with van der Waals surface area (Å²) in [5, 5.41) is 11.5. The highest BCUT2D eigenvalue weighted by Gasteiger charge is 2.03. The van der Waals surface area contributed by atoms with E-state index in [9.17, 15) is 4.39 Å². The maximum atomic E-state index is 13.6. The van der Waals surface area contributed by atoms with Crippen molar-refractivity contribution in [1.82, 2.24) is 0 Å². The molecule has 2 rings (SSSR count). The molecule has 0 aliphatic heterocycles. The highest BCUT2D eigenvalue weighted by Crippen LogP contribution is 2.19. The van der Waals surface area contributed by atoms with Gasteiger partial charge in [0.05, 0.1) is 0 Å². The van der Waals surface area contributed by atoms with Gasteiger partial charge in [0.15, 0.2) is 6.61 Å². The Morgan fingerprint density at radius 3 is 2.65 bits per heavy atom. The molecule has 102 valence electrons. The van der Waals surface area contributed by atoms with Crippen LogP contribution in [0, 0.1) is 17.1 Å². The topological polar surface area (TPSA) is 45.0 Å². The Kier molecular flexibility index (Phi) is 4.97. The van der Waals surface area contributed by atoms with Crippen LogP contribution >= 0.6 is 15.9 Å². The molecular formula is C15H12BrFN2O. The van der Waals surface area contributed by atoms with E-state index in [4.69, 9.17) is 10.00 Å². The van der Waals surface area contributed by atoms with Gasteiger partial charge >= 0.3 is 0 Å². The standard InChI is InChI=1S/C15H12BrFN2O/c16-12-1-6-15(17)11(9-12)10-19-13-2-4-14(5-3-13)20-8-7-18/h1-6,9,19H,8,10H2. The van der Waals surface area contributed by atoms with Gasteiger partial charge in [0, 0.05) is 22.3 Å². The van der Waals surface area contributed by atoms with Gasteiger partial charge in [-0.1, -0.05) is 15.9 Å². The maximum absolute atomic E-state index is 13.6. The molecule has 2 aromatic carbocycles.